The predicted octanol–water partition coefficient (Wildman–Crippen LogP) is 6.89. The molecule has 0 saturated heterocycles. The van der Waals surface area contributed by atoms with Crippen LogP contribution in [0.25, 0.3) is 11.3 Å². The molecular weight excluding hydrogens is 494 g/mol. The first-order valence-corrected chi connectivity index (χ1v) is 12.3. The fraction of sp³-hybridized carbons (Fsp3) is 0.357. The third-order valence-electron chi connectivity index (χ3n) is 5.86. The van der Waals surface area contributed by atoms with E-state index < -0.39 is 4.92 Å². The van der Waals surface area contributed by atoms with Crippen molar-refractivity contribution in [3.8, 4) is 17.1 Å². The molecule has 0 aliphatic heterocycles. The predicted molar refractivity (Wildman–Crippen MR) is 145 cm³/mol. The highest BCUT2D eigenvalue weighted by molar-refractivity contribution is 6.32. The fourth-order valence-corrected chi connectivity index (χ4v) is 4.03. The van der Waals surface area contributed by atoms with Gasteiger partial charge in [0.15, 0.2) is 0 Å². The Morgan fingerprint density at radius 2 is 1.70 bits per heavy atom. The van der Waals surface area contributed by atoms with Gasteiger partial charge in [0.1, 0.15) is 22.3 Å². The molecule has 1 aromatic heterocycles. The molecule has 0 bridgehead atoms. The second-order valence-corrected chi connectivity index (χ2v) is 11.4. The minimum Gasteiger partial charge on any atom is -0.507 e. The number of hydrogen-bond donors (Lipinski definition) is 2. The molecule has 9 heteroatoms. The number of nitrogens with zero attached hydrogens (tertiary/aromatic N) is 2. The van der Waals surface area contributed by atoms with E-state index in [2.05, 4.69) is 10.5 Å². The van der Waals surface area contributed by atoms with Crippen molar-refractivity contribution in [3.05, 3.63) is 80.1 Å². The number of aryl methyl sites for hydroxylation is 1. The Kier molecular flexibility index (Phi) is 8.12. The highest BCUT2D eigenvalue weighted by Crippen LogP contribution is 2.40. The van der Waals surface area contributed by atoms with Crippen molar-refractivity contribution in [2.24, 2.45) is 5.10 Å². The molecule has 3 rings (SSSR count). The summed E-state index contributed by atoms with van der Waals surface area (Å²) in [6.07, 6.45) is 2.07. The number of benzene rings is 2. The van der Waals surface area contributed by atoms with Gasteiger partial charge in [-0.3, -0.25) is 14.9 Å². The van der Waals surface area contributed by atoms with Crippen LogP contribution in [0.5, 0.6) is 5.75 Å². The average Bonchev–Trinajstić information content (AvgIpc) is 3.25. The third kappa shape index (κ3) is 6.98. The van der Waals surface area contributed by atoms with Crippen molar-refractivity contribution in [2.75, 3.05) is 0 Å². The number of rotatable bonds is 7. The average molecular weight is 526 g/mol. The van der Waals surface area contributed by atoms with Crippen LogP contribution in [0.15, 0.2) is 52.0 Å². The number of aromatic hydroxyl groups is 1. The first-order chi connectivity index (χ1) is 17.2. The first kappa shape index (κ1) is 27.9. The molecule has 2 aromatic carbocycles. The fourth-order valence-electron chi connectivity index (χ4n) is 3.85. The van der Waals surface area contributed by atoms with Gasteiger partial charge in [-0.1, -0.05) is 65.3 Å². The molecular formula is C28H32ClN3O5. The number of hydrazone groups is 1. The van der Waals surface area contributed by atoms with E-state index in [-0.39, 0.29) is 33.9 Å². The summed E-state index contributed by atoms with van der Waals surface area (Å²) in [6.45, 7) is 12.3. The van der Waals surface area contributed by atoms with E-state index in [0.29, 0.717) is 29.3 Å². The maximum Gasteiger partial charge on any atom is 0.288 e. The van der Waals surface area contributed by atoms with Crippen LogP contribution in [0.4, 0.5) is 5.69 Å². The molecule has 0 unspecified atom stereocenters. The summed E-state index contributed by atoms with van der Waals surface area (Å²) in [6, 6.07) is 11.6. The van der Waals surface area contributed by atoms with Crippen LogP contribution in [-0.2, 0) is 22.0 Å². The second kappa shape index (κ2) is 10.8. The van der Waals surface area contributed by atoms with Gasteiger partial charge in [0.2, 0.25) is 5.91 Å². The zero-order valence-electron chi connectivity index (χ0n) is 21.9. The number of phenolic OH excluding ortho intramolecular Hbond substituents is 1. The minimum absolute atomic E-state index is 0.0429. The quantitative estimate of drug-likeness (QED) is 0.198. The molecule has 0 spiro atoms. The number of nitro benzene ring substituents is 1. The molecule has 0 aliphatic carbocycles. The number of furan rings is 1. The lowest BCUT2D eigenvalue weighted by Crippen LogP contribution is -2.20. The Balaban J connectivity index is 1.65. The topological polar surface area (TPSA) is 118 Å². The molecule has 8 nitrogen and oxygen atoms in total. The summed E-state index contributed by atoms with van der Waals surface area (Å²) in [5.41, 5.74) is 4.98. The Morgan fingerprint density at radius 1 is 1.08 bits per heavy atom. The molecule has 0 radical (unpaired) electrons. The second-order valence-electron chi connectivity index (χ2n) is 11.0. The van der Waals surface area contributed by atoms with E-state index >= 15 is 0 Å². The Hall–Kier alpha value is -3.65. The molecule has 1 amide bonds. The van der Waals surface area contributed by atoms with Crippen molar-refractivity contribution < 1.29 is 19.2 Å². The molecule has 0 saturated carbocycles. The molecule has 3 aromatic rings. The summed E-state index contributed by atoms with van der Waals surface area (Å²) < 4.78 is 5.67. The van der Waals surface area contributed by atoms with E-state index in [1.165, 1.54) is 18.3 Å². The highest BCUT2D eigenvalue weighted by atomic mass is 35.5. The number of halogens is 1. The van der Waals surface area contributed by atoms with Crippen LogP contribution in [0.1, 0.15) is 70.4 Å². The van der Waals surface area contributed by atoms with Gasteiger partial charge in [-0.2, -0.15) is 5.10 Å². The van der Waals surface area contributed by atoms with Gasteiger partial charge in [0.25, 0.3) is 5.69 Å². The standard InChI is InChI=1S/C28H32ClN3O5/c1-27(2,3)20-13-17(14-21(26(20)34)28(4,5)6)7-12-25(33)31-30-16-19-9-11-24(37-19)18-8-10-22(29)23(15-18)32(35)36/h8-11,13-16,34H,7,12H2,1-6H3,(H,31,33)/b30-16-. The Bertz CT molecular complexity index is 1310. The van der Waals surface area contributed by atoms with E-state index in [1.807, 2.05) is 53.7 Å². The van der Waals surface area contributed by atoms with Crippen molar-refractivity contribution in [1.82, 2.24) is 5.43 Å². The number of nitro groups is 1. The number of hydrogen-bond acceptors (Lipinski definition) is 6. The number of amides is 1. The zero-order chi connectivity index (χ0) is 27.5. The first-order valence-electron chi connectivity index (χ1n) is 11.9. The molecule has 0 atom stereocenters. The Labute approximate surface area is 221 Å². The van der Waals surface area contributed by atoms with Crippen molar-refractivity contribution >= 4 is 29.4 Å². The van der Waals surface area contributed by atoms with Crippen molar-refractivity contribution in [2.45, 2.75) is 65.2 Å². The Morgan fingerprint density at radius 3 is 2.27 bits per heavy atom. The van der Waals surface area contributed by atoms with Crippen LogP contribution in [0, 0.1) is 10.1 Å². The molecule has 196 valence electrons. The van der Waals surface area contributed by atoms with E-state index in [0.717, 1.165) is 16.7 Å². The van der Waals surface area contributed by atoms with Crippen LogP contribution in [0.2, 0.25) is 5.02 Å². The maximum atomic E-state index is 12.4. The van der Waals surface area contributed by atoms with Crippen molar-refractivity contribution in [3.63, 3.8) is 0 Å². The summed E-state index contributed by atoms with van der Waals surface area (Å²) in [7, 11) is 0. The monoisotopic (exact) mass is 525 g/mol. The zero-order valence-corrected chi connectivity index (χ0v) is 22.6. The SMILES string of the molecule is CC(C)(C)c1cc(CCC(=O)N/N=C\c2ccc(-c3ccc(Cl)c([N+](=O)[O-])c3)o2)cc(C(C)(C)C)c1O. The van der Waals surface area contributed by atoms with Gasteiger partial charge in [-0.05, 0) is 58.2 Å². The van der Waals surface area contributed by atoms with Crippen LogP contribution < -0.4 is 5.43 Å². The maximum absolute atomic E-state index is 12.4. The summed E-state index contributed by atoms with van der Waals surface area (Å²) in [4.78, 5) is 23.0. The third-order valence-corrected chi connectivity index (χ3v) is 6.18. The normalized spacial score (nSPS) is 12.2. The van der Waals surface area contributed by atoms with Crippen LogP contribution in [0.3, 0.4) is 0 Å². The number of nitrogens with one attached hydrogen (secondary N) is 1. The lowest BCUT2D eigenvalue weighted by Gasteiger charge is -2.28. The molecule has 0 fully saturated rings. The van der Waals surface area contributed by atoms with Gasteiger partial charge in [0, 0.05) is 18.1 Å². The summed E-state index contributed by atoms with van der Waals surface area (Å²) in [5.74, 6) is 0.822. The van der Waals surface area contributed by atoms with Crippen LogP contribution >= 0.6 is 11.6 Å². The summed E-state index contributed by atoms with van der Waals surface area (Å²) >= 11 is 5.86. The number of carbonyl (C=O) groups excluding carboxylic acids is 1. The number of carbonyl (C=O) groups is 1. The smallest absolute Gasteiger partial charge is 0.288 e. The van der Waals surface area contributed by atoms with Gasteiger partial charge >= 0.3 is 0 Å². The minimum atomic E-state index is -0.557. The highest BCUT2D eigenvalue weighted by Gasteiger charge is 2.26. The van der Waals surface area contributed by atoms with E-state index in [9.17, 15) is 20.0 Å². The lowest BCUT2D eigenvalue weighted by molar-refractivity contribution is -0.384. The van der Waals surface area contributed by atoms with Gasteiger partial charge in [-0.15, -0.1) is 0 Å². The van der Waals surface area contributed by atoms with Crippen molar-refractivity contribution in [1.29, 1.82) is 0 Å². The van der Waals surface area contributed by atoms with Gasteiger partial charge in [0.05, 0.1) is 11.1 Å². The van der Waals surface area contributed by atoms with Gasteiger partial charge < -0.3 is 9.52 Å². The van der Waals surface area contributed by atoms with E-state index in [4.69, 9.17) is 16.0 Å². The molecule has 37 heavy (non-hydrogen) atoms. The summed E-state index contributed by atoms with van der Waals surface area (Å²) in [5, 5.41) is 26.0. The van der Waals surface area contributed by atoms with E-state index in [1.54, 1.807) is 18.2 Å². The lowest BCUT2D eigenvalue weighted by atomic mass is 9.78. The molecule has 0 aliphatic rings. The largest absolute Gasteiger partial charge is 0.507 e. The number of phenols is 1. The molecule has 2 N–H and O–H groups in total. The van der Waals surface area contributed by atoms with Gasteiger partial charge in [-0.25, -0.2) is 5.43 Å². The van der Waals surface area contributed by atoms with Crippen LogP contribution in [-0.4, -0.2) is 22.2 Å². The molecule has 1 heterocycles.